The fourth-order valence-electron chi connectivity index (χ4n) is 4.17. The maximum atomic E-state index is 14.0. The Morgan fingerprint density at radius 1 is 0.976 bits per heavy atom. The first kappa shape index (κ1) is 31.8. The summed E-state index contributed by atoms with van der Waals surface area (Å²) in [4.78, 5) is 28.4. The molecule has 0 aliphatic rings. The van der Waals surface area contributed by atoms with Crippen LogP contribution in [0.1, 0.15) is 32.3 Å². The molecule has 1 unspecified atom stereocenters. The van der Waals surface area contributed by atoms with Gasteiger partial charge in [-0.25, -0.2) is 8.42 Å². The summed E-state index contributed by atoms with van der Waals surface area (Å²) in [6.07, 6.45) is 1.69. The minimum absolute atomic E-state index is 0.0382. The molecule has 0 saturated carbocycles. The van der Waals surface area contributed by atoms with E-state index in [0.29, 0.717) is 22.9 Å². The Labute approximate surface area is 247 Å². The highest BCUT2D eigenvalue weighted by atomic mass is 35.5. The summed E-state index contributed by atoms with van der Waals surface area (Å²) in [7, 11) is -1.35. The first-order valence-electron chi connectivity index (χ1n) is 13.2. The number of rotatable bonds is 14. The molecule has 9 nitrogen and oxygen atoms in total. The molecule has 3 aromatic rings. The van der Waals surface area contributed by atoms with E-state index in [1.807, 2.05) is 6.92 Å². The second-order valence-corrected chi connectivity index (χ2v) is 11.6. The molecule has 41 heavy (non-hydrogen) atoms. The summed E-state index contributed by atoms with van der Waals surface area (Å²) in [5.74, 6) is -0.162. The fraction of sp³-hybridized carbons (Fsp3) is 0.333. The number of methoxy groups -OCH3 is 2. The van der Waals surface area contributed by atoms with Crippen molar-refractivity contribution in [3.63, 3.8) is 0 Å². The molecule has 11 heteroatoms. The minimum atomic E-state index is -4.25. The molecule has 0 aliphatic heterocycles. The standard InChI is InChI=1S/C30H36ClN3O6S/c1-5-6-18-32-30(36)22(2)33(20-23-10-9-11-24(31)19-23)29(35)21-34(27-12-7-8-13-28(27)40-4)41(37,38)26-16-14-25(39-3)15-17-26/h7-17,19,22H,5-6,18,20-21H2,1-4H3,(H,32,36). The molecule has 2 amide bonds. The molecular weight excluding hydrogens is 566 g/mol. The minimum Gasteiger partial charge on any atom is -0.497 e. The van der Waals surface area contributed by atoms with E-state index < -0.39 is 28.5 Å². The second-order valence-electron chi connectivity index (χ2n) is 9.33. The molecule has 1 N–H and O–H groups in total. The summed E-state index contributed by atoms with van der Waals surface area (Å²) in [5.41, 5.74) is 0.878. The highest BCUT2D eigenvalue weighted by molar-refractivity contribution is 7.92. The third-order valence-electron chi connectivity index (χ3n) is 6.52. The van der Waals surface area contributed by atoms with Crippen LogP contribution in [-0.2, 0) is 26.2 Å². The lowest BCUT2D eigenvalue weighted by atomic mass is 10.1. The third-order valence-corrected chi connectivity index (χ3v) is 8.53. The predicted octanol–water partition coefficient (Wildman–Crippen LogP) is 4.89. The molecule has 0 bridgehead atoms. The lowest BCUT2D eigenvalue weighted by Gasteiger charge is -2.32. The van der Waals surface area contributed by atoms with Crippen molar-refractivity contribution in [2.24, 2.45) is 0 Å². The number of unbranched alkanes of at least 4 members (excludes halogenated alkanes) is 1. The molecule has 220 valence electrons. The molecule has 3 rings (SSSR count). The number of halogens is 1. The van der Waals surface area contributed by atoms with Crippen molar-refractivity contribution >= 4 is 39.1 Å². The quantitative estimate of drug-likeness (QED) is 0.264. The number of carbonyl (C=O) groups excluding carboxylic acids is 2. The van der Waals surface area contributed by atoms with E-state index in [1.165, 1.54) is 43.4 Å². The molecule has 0 aliphatic carbocycles. The normalized spacial score (nSPS) is 11.8. The van der Waals surface area contributed by atoms with E-state index in [4.69, 9.17) is 21.1 Å². The molecule has 1 atom stereocenters. The summed E-state index contributed by atoms with van der Waals surface area (Å²) < 4.78 is 39.6. The lowest BCUT2D eigenvalue weighted by Crippen LogP contribution is -2.51. The number of hydrogen-bond donors (Lipinski definition) is 1. The van der Waals surface area contributed by atoms with Crippen LogP contribution in [0.4, 0.5) is 5.69 Å². The number of nitrogens with one attached hydrogen (secondary N) is 1. The van der Waals surface area contributed by atoms with Gasteiger partial charge in [0.1, 0.15) is 24.1 Å². The zero-order valence-electron chi connectivity index (χ0n) is 23.7. The molecule has 3 aromatic carbocycles. The van der Waals surface area contributed by atoms with Gasteiger partial charge in [-0.1, -0.05) is 49.2 Å². The number of hydrogen-bond acceptors (Lipinski definition) is 6. The van der Waals surface area contributed by atoms with Crippen LogP contribution >= 0.6 is 11.6 Å². The number of anilines is 1. The van der Waals surface area contributed by atoms with Gasteiger partial charge in [-0.05, 0) is 67.4 Å². The molecule has 0 radical (unpaired) electrons. The van der Waals surface area contributed by atoms with E-state index in [1.54, 1.807) is 55.5 Å². The largest absolute Gasteiger partial charge is 0.497 e. The topological polar surface area (TPSA) is 105 Å². The highest BCUT2D eigenvalue weighted by Gasteiger charge is 2.33. The van der Waals surface area contributed by atoms with Crippen molar-refractivity contribution in [3.8, 4) is 11.5 Å². The maximum Gasteiger partial charge on any atom is 0.264 e. The van der Waals surface area contributed by atoms with Crippen LogP contribution in [0.3, 0.4) is 0 Å². The van der Waals surface area contributed by atoms with Crippen LogP contribution in [-0.4, -0.2) is 58.5 Å². The van der Waals surface area contributed by atoms with Crippen molar-refractivity contribution < 1.29 is 27.5 Å². The summed E-state index contributed by atoms with van der Waals surface area (Å²) in [5, 5.41) is 3.34. The number of sulfonamides is 1. The predicted molar refractivity (Wildman–Crippen MR) is 160 cm³/mol. The Morgan fingerprint density at radius 2 is 1.68 bits per heavy atom. The van der Waals surface area contributed by atoms with Gasteiger partial charge >= 0.3 is 0 Å². The second kappa shape index (κ2) is 14.7. The summed E-state index contributed by atoms with van der Waals surface area (Å²) in [6.45, 7) is 3.57. The van der Waals surface area contributed by atoms with Gasteiger partial charge in [-0.2, -0.15) is 0 Å². The molecule has 0 saturated heterocycles. The Bertz CT molecular complexity index is 1430. The van der Waals surface area contributed by atoms with Crippen LogP contribution in [0.2, 0.25) is 5.02 Å². The number of amides is 2. The smallest absolute Gasteiger partial charge is 0.264 e. The van der Waals surface area contributed by atoms with E-state index in [-0.39, 0.29) is 28.8 Å². The van der Waals surface area contributed by atoms with Crippen molar-refractivity contribution in [2.75, 3.05) is 31.6 Å². The van der Waals surface area contributed by atoms with Crippen molar-refractivity contribution in [2.45, 2.75) is 44.2 Å². The van der Waals surface area contributed by atoms with Gasteiger partial charge in [-0.15, -0.1) is 0 Å². The number of carbonyl (C=O) groups is 2. The molecule has 0 spiro atoms. The Morgan fingerprint density at radius 3 is 2.32 bits per heavy atom. The van der Waals surface area contributed by atoms with Crippen LogP contribution in [0, 0.1) is 0 Å². The zero-order chi connectivity index (χ0) is 30.0. The summed E-state index contributed by atoms with van der Waals surface area (Å²) >= 11 is 6.19. The van der Waals surface area contributed by atoms with E-state index in [9.17, 15) is 18.0 Å². The highest BCUT2D eigenvalue weighted by Crippen LogP contribution is 2.33. The maximum absolute atomic E-state index is 14.0. The van der Waals surface area contributed by atoms with E-state index in [2.05, 4.69) is 5.32 Å². The SMILES string of the molecule is CCCCNC(=O)C(C)N(Cc1cccc(Cl)c1)C(=O)CN(c1ccccc1OC)S(=O)(=O)c1ccc(OC)cc1. The van der Waals surface area contributed by atoms with Gasteiger partial charge in [0.15, 0.2) is 0 Å². The van der Waals surface area contributed by atoms with Gasteiger partial charge in [0, 0.05) is 18.1 Å². The molecular formula is C30H36ClN3O6S. The number of ether oxygens (including phenoxy) is 2. The average molecular weight is 602 g/mol. The number of nitrogens with zero attached hydrogens (tertiary/aromatic N) is 2. The van der Waals surface area contributed by atoms with Crippen LogP contribution in [0.15, 0.2) is 77.7 Å². The van der Waals surface area contributed by atoms with Gasteiger partial charge in [-0.3, -0.25) is 13.9 Å². The van der Waals surface area contributed by atoms with Crippen molar-refractivity contribution in [1.29, 1.82) is 0 Å². The van der Waals surface area contributed by atoms with Crippen LogP contribution < -0.4 is 19.1 Å². The van der Waals surface area contributed by atoms with E-state index in [0.717, 1.165) is 17.1 Å². The number of para-hydroxylation sites is 2. The zero-order valence-corrected chi connectivity index (χ0v) is 25.2. The van der Waals surface area contributed by atoms with Gasteiger partial charge in [0.05, 0.1) is 24.8 Å². The van der Waals surface area contributed by atoms with Crippen molar-refractivity contribution in [3.05, 3.63) is 83.4 Å². The Balaban J connectivity index is 2.04. The van der Waals surface area contributed by atoms with Crippen LogP contribution in [0.25, 0.3) is 0 Å². The Hall–Kier alpha value is -3.76. The Kier molecular flexibility index (Phi) is 11.4. The van der Waals surface area contributed by atoms with Crippen molar-refractivity contribution in [1.82, 2.24) is 10.2 Å². The lowest BCUT2D eigenvalue weighted by molar-refractivity contribution is -0.139. The van der Waals surface area contributed by atoms with Crippen LogP contribution in [0.5, 0.6) is 11.5 Å². The first-order valence-corrected chi connectivity index (χ1v) is 15.1. The molecule has 0 aromatic heterocycles. The monoisotopic (exact) mass is 601 g/mol. The van der Waals surface area contributed by atoms with Gasteiger partial charge < -0.3 is 19.7 Å². The third kappa shape index (κ3) is 8.14. The average Bonchev–Trinajstić information content (AvgIpc) is 2.98. The van der Waals surface area contributed by atoms with Gasteiger partial charge in [0.25, 0.3) is 10.0 Å². The molecule has 0 heterocycles. The summed E-state index contributed by atoms with van der Waals surface area (Å²) in [6, 6.07) is 18.5. The first-order chi connectivity index (χ1) is 19.6. The fourth-order valence-corrected chi connectivity index (χ4v) is 5.81. The van der Waals surface area contributed by atoms with Gasteiger partial charge in [0.2, 0.25) is 11.8 Å². The molecule has 0 fully saturated rings. The van der Waals surface area contributed by atoms with E-state index >= 15 is 0 Å². The number of benzene rings is 3.